The number of hydrogen-bond acceptors (Lipinski definition) is 6. The molecule has 7 heteroatoms. The lowest BCUT2D eigenvalue weighted by Crippen LogP contribution is -2.32. The number of nitrogens with zero attached hydrogens (tertiary/aromatic N) is 4. The Morgan fingerprint density at radius 3 is 2.89 bits per heavy atom. The molecule has 7 nitrogen and oxygen atoms in total. The lowest BCUT2D eigenvalue weighted by Gasteiger charge is -2.30. The lowest BCUT2D eigenvalue weighted by molar-refractivity contribution is 0.196. The zero-order valence-corrected chi connectivity index (χ0v) is 10.0. The van der Waals surface area contributed by atoms with Gasteiger partial charge in [0.25, 0.3) is 0 Å². The second-order valence-electron chi connectivity index (χ2n) is 4.65. The molecule has 96 valence electrons. The zero-order valence-electron chi connectivity index (χ0n) is 10.0. The highest BCUT2D eigenvalue weighted by Crippen LogP contribution is 2.27. The van der Waals surface area contributed by atoms with Crippen LogP contribution in [0.5, 0.6) is 0 Å². The molecule has 0 spiro atoms. The Kier molecular flexibility index (Phi) is 2.97. The molecule has 3 N–H and O–H groups in total. The summed E-state index contributed by atoms with van der Waals surface area (Å²) in [6.45, 7) is 2.80. The number of nitrogens with one attached hydrogen (secondary N) is 1. The van der Waals surface area contributed by atoms with E-state index in [1.165, 1.54) is 6.39 Å². The van der Waals surface area contributed by atoms with Gasteiger partial charge in [-0.15, -0.1) is 0 Å². The minimum absolute atomic E-state index is 0.500. The van der Waals surface area contributed by atoms with Crippen LogP contribution in [0, 0.1) is 0 Å². The minimum atomic E-state index is 0.500. The molecule has 0 atom stereocenters. The number of anilines is 1. The number of nitrogen functional groups attached to an aromatic ring is 1. The van der Waals surface area contributed by atoms with Crippen LogP contribution in [0.15, 0.2) is 17.0 Å². The summed E-state index contributed by atoms with van der Waals surface area (Å²) in [6, 6.07) is 1.93. The number of piperidine rings is 1. The number of rotatable bonds is 3. The number of H-pyrrole nitrogens is 1. The normalized spacial score (nSPS) is 18.2. The highest BCUT2D eigenvalue weighted by molar-refractivity contribution is 5.30. The fourth-order valence-electron chi connectivity index (χ4n) is 2.41. The van der Waals surface area contributed by atoms with E-state index >= 15 is 0 Å². The van der Waals surface area contributed by atoms with Crippen molar-refractivity contribution in [1.29, 1.82) is 0 Å². The summed E-state index contributed by atoms with van der Waals surface area (Å²) in [5.74, 6) is 1.89. The van der Waals surface area contributed by atoms with Gasteiger partial charge in [-0.3, -0.25) is 10.00 Å². The van der Waals surface area contributed by atoms with Gasteiger partial charge in [-0.25, -0.2) is 0 Å². The van der Waals surface area contributed by atoms with Gasteiger partial charge in [0.1, 0.15) is 5.82 Å². The minimum Gasteiger partial charge on any atom is -0.384 e. The standard InChI is InChI=1S/C11H16N6O/c12-10-5-9(14-15-10)8-1-3-17(4-2-8)6-11-13-7-18-16-11/h5,7-8H,1-4,6H2,(H3,12,14,15). The van der Waals surface area contributed by atoms with Crippen LogP contribution in [-0.4, -0.2) is 38.3 Å². The Morgan fingerprint density at radius 2 is 2.28 bits per heavy atom. The van der Waals surface area contributed by atoms with Gasteiger partial charge in [-0.05, 0) is 25.9 Å². The number of hydrogen-bond donors (Lipinski definition) is 2. The molecule has 18 heavy (non-hydrogen) atoms. The van der Waals surface area contributed by atoms with Gasteiger partial charge >= 0.3 is 0 Å². The monoisotopic (exact) mass is 248 g/mol. The maximum atomic E-state index is 5.65. The summed E-state index contributed by atoms with van der Waals surface area (Å²) in [5, 5.41) is 10.9. The molecule has 0 aromatic carbocycles. The Balaban J connectivity index is 1.55. The van der Waals surface area contributed by atoms with Crippen molar-refractivity contribution in [2.24, 2.45) is 0 Å². The summed E-state index contributed by atoms with van der Waals surface area (Å²) >= 11 is 0. The van der Waals surface area contributed by atoms with Crippen molar-refractivity contribution in [3.8, 4) is 0 Å². The Bertz CT molecular complexity index is 485. The Labute approximate surface area is 104 Å². The van der Waals surface area contributed by atoms with Crippen LogP contribution >= 0.6 is 0 Å². The van der Waals surface area contributed by atoms with E-state index in [4.69, 9.17) is 10.3 Å². The third-order valence-corrected chi connectivity index (χ3v) is 3.40. The van der Waals surface area contributed by atoms with Crippen molar-refractivity contribution < 1.29 is 4.52 Å². The Hall–Kier alpha value is -1.89. The van der Waals surface area contributed by atoms with E-state index in [1.807, 2.05) is 6.07 Å². The van der Waals surface area contributed by atoms with E-state index in [0.717, 1.165) is 44.0 Å². The maximum absolute atomic E-state index is 5.65. The molecule has 1 aliphatic rings. The SMILES string of the molecule is Nc1cc(C2CCN(Cc3ncon3)CC2)n[nH]1. The molecule has 0 aliphatic carbocycles. The molecule has 0 unspecified atom stereocenters. The van der Waals surface area contributed by atoms with E-state index < -0.39 is 0 Å². The van der Waals surface area contributed by atoms with Crippen LogP contribution in [0.2, 0.25) is 0 Å². The van der Waals surface area contributed by atoms with Crippen molar-refractivity contribution in [2.45, 2.75) is 25.3 Å². The van der Waals surface area contributed by atoms with Crippen molar-refractivity contribution in [3.63, 3.8) is 0 Å². The number of aromatic amines is 1. The molecule has 0 radical (unpaired) electrons. The first-order valence-corrected chi connectivity index (χ1v) is 6.09. The van der Waals surface area contributed by atoms with E-state index in [0.29, 0.717) is 11.7 Å². The average molecular weight is 248 g/mol. The van der Waals surface area contributed by atoms with Crippen molar-refractivity contribution in [3.05, 3.63) is 24.0 Å². The molecule has 0 bridgehead atoms. The summed E-state index contributed by atoms with van der Waals surface area (Å²) in [6.07, 6.45) is 3.54. The first kappa shape index (κ1) is 11.2. The van der Waals surface area contributed by atoms with E-state index in [-0.39, 0.29) is 0 Å². The highest BCUT2D eigenvalue weighted by atomic mass is 16.5. The van der Waals surface area contributed by atoms with E-state index in [2.05, 4.69) is 25.2 Å². The predicted molar refractivity (Wildman–Crippen MR) is 64.6 cm³/mol. The molecule has 1 aliphatic heterocycles. The predicted octanol–water partition coefficient (Wildman–Crippen LogP) is 0.754. The number of likely N-dealkylation sites (tertiary alicyclic amines) is 1. The third kappa shape index (κ3) is 2.35. The average Bonchev–Trinajstić information content (AvgIpc) is 3.02. The molecule has 2 aromatic heterocycles. The first-order valence-electron chi connectivity index (χ1n) is 6.09. The van der Waals surface area contributed by atoms with Crippen molar-refractivity contribution in [2.75, 3.05) is 18.8 Å². The summed E-state index contributed by atoms with van der Waals surface area (Å²) < 4.78 is 4.73. The molecule has 1 fully saturated rings. The number of nitrogens with two attached hydrogens (primary N) is 1. The van der Waals surface area contributed by atoms with Gasteiger partial charge in [0.05, 0.1) is 12.2 Å². The zero-order chi connectivity index (χ0) is 12.4. The molecule has 1 saturated heterocycles. The van der Waals surface area contributed by atoms with Crippen LogP contribution < -0.4 is 5.73 Å². The van der Waals surface area contributed by atoms with Gasteiger partial charge in [0.2, 0.25) is 6.39 Å². The van der Waals surface area contributed by atoms with Crippen molar-refractivity contribution in [1.82, 2.24) is 25.2 Å². The third-order valence-electron chi connectivity index (χ3n) is 3.40. The van der Waals surface area contributed by atoms with Crippen LogP contribution in [-0.2, 0) is 6.54 Å². The van der Waals surface area contributed by atoms with Crippen LogP contribution in [0.4, 0.5) is 5.82 Å². The van der Waals surface area contributed by atoms with E-state index in [1.54, 1.807) is 0 Å². The van der Waals surface area contributed by atoms with Gasteiger partial charge in [0, 0.05) is 12.0 Å². The largest absolute Gasteiger partial charge is 0.384 e. The summed E-state index contributed by atoms with van der Waals surface area (Å²) in [7, 11) is 0. The second-order valence-corrected chi connectivity index (χ2v) is 4.65. The topological polar surface area (TPSA) is 96.9 Å². The second kappa shape index (κ2) is 4.77. The van der Waals surface area contributed by atoms with Crippen molar-refractivity contribution >= 4 is 5.82 Å². The molecule has 0 saturated carbocycles. The lowest BCUT2D eigenvalue weighted by atomic mass is 9.93. The smallest absolute Gasteiger partial charge is 0.213 e. The fourth-order valence-corrected chi connectivity index (χ4v) is 2.41. The maximum Gasteiger partial charge on any atom is 0.213 e. The van der Waals surface area contributed by atoms with Gasteiger partial charge < -0.3 is 10.3 Å². The van der Waals surface area contributed by atoms with Crippen LogP contribution in [0.25, 0.3) is 0 Å². The highest BCUT2D eigenvalue weighted by Gasteiger charge is 2.23. The Morgan fingerprint density at radius 1 is 1.44 bits per heavy atom. The fraction of sp³-hybridized carbons (Fsp3) is 0.545. The number of aromatic nitrogens is 4. The molecule has 0 amide bonds. The van der Waals surface area contributed by atoms with Gasteiger partial charge in [-0.2, -0.15) is 10.1 Å². The first-order chi connectivity index (χ1) is 8.81. The molecule has 3 rings (SSSR count). The van der Waals surface area contributed by atoms with E-state index in [9.17, 15) is 0 Å². The van der Waals surface area contributed by atoms with Crippen LogP contribution in [0.3, 0.4) is 0 Å². The van der Waals surface area contributed by atoms with Gasteiger partial charge in [0.15, 0.2) is 5.82 Å². The molecule has 3 heterocycles. The molecular weight excluding hydrogens is 232 g/mol. The molecule has 2 aromatic rings. The summed E-state index contributed by atoms with van der Waals surface area (Å²) in [4.78, 5) is 6.37. The molecular formula is C11H16N6O. The summed E-state index contributed by atoms with van der Waals surface area (Å²) in [5.41, 5.74) is 6.72. The quantitative estimate of drug-likeness (QED) is 0.832. The van der Waals surface area contributed by atoms with Crippen LogP contribution in [0.1, 0.15) is 30.3 Å². The van der Waals surface area contributed by atoms with Gasteiger partial charge in [-0.1, -0.05) is 5.16 Å².